The van der Waals surface area contributed by atoms with Crippen molar-refractivity contribution in [3.8, 4) is 0 Å². The van der Waals surface area contributed by atoms with E-state index >= 15 is 0 Å². The molecule has 138 valence electrons. The van der Waals surface area contributed by atoms with E-state index in [1.807, 2.05) is 36.4 Å². The summed E-state index contributed by atoms with van der Waals surface area (Å²) in [5, 5.41) is 14.0. The van der Waals surface area contributed by atoms with Crippen LogP contribution in [-0.2, 0) is 37.0 Å². The third-order valence-electron chi connectivity index (χ3n) is 3.11. The molecule has 0 aliphatic heterocycles. The van der Waals surface area contributed by atoms with Gasteiger partial charge in [0, 0.05) is 14.2 Å². The van der Waals surface area contributed by atoms with E-state index in [9.17, 15) is 0 Å². The predicted octanol–water partition coefficient (Wildman–Crippen LogP) is 4.81. The largest absolute Gasteiger partial charge is 2.00 e. The fraction of sp³-hybridized carbons (Fsp3) is 0.364. The van der Waals surface area contributed by atoms with Gasteiger partial charge in [-0.25, -0.2) is 0 Å². The second-order valence-electron chi connectivity index (χ2n) is 6.50. The number of rotatable bonds is 2. The van der Waals surface area contributed by atoms with E-state index in [0.717, 1.165) is 14.2 Å². The summed E-state index contributed by atoms with van der Waals surface area (Å²) in [5.41, 5.74) is 2.66. The molecular formula is C22H34O2Zr. The van der Waals surface area contributed by atoms with Crippen molar-refractivity contribution in [3.05, 3.63) is 85.6 Å². The van der Waals surface area contributed by atoms with Gasteiger partial charge in [-0.1, -0.05) is 99.5 Å². The number of hydrogen-bond acceptors (Lipinski definition) is 2. The van der Waals surface area contributed by atoms with E-state index < -0.39 is 0 Å². The van der Waals surface area contributed by atoms with Gasteiger partial charge in [0.2, 0.25) is 0 Å². The molecule has 2 aromatic rings. The van der Waals surface area contributed by atoms with Crippen molar-refractivity contribution in [2.45, 2.75) is 38.5 Å². The third-order valence-corrected chi connectivity index (χ3v) is 3.11. The topological polar surface area (TPSA) is 40.5 Å². The first-order chi connectivity index (χ1) is 11.2. The molecule has 0 saturated carbocycles. The van der Waals surface area contributed by atoms with Gasteiger partial charge in [0.15, 0.2) is 0 Å². The Morgan fingerprint density at radius 3 is 0.880 bits per heavy atom. The van der Waals surface area contributed by atoms with Crippen molar-refractivity contribution < 1.29 is 36.4 Å². The molecule has 0 aliphatic carbocycles. The molecule has 2 rings (SSSR count). The fourth-order valence-electron chi connectivity index (χ4n) is 1.78. The molecule has 25 heavy (non-hydrogen) atoms. The number of hydrogen-bond donors (Lipinski definition) is 2. The molecule has 0 heterocycles. The van der Waals surface area contributed by atoms with Gasteiger partial charge in [0.1, 0.15) is 0 Å². The van der Waals surface area contributed by atoms with E-state index in [1.54, 1.807) is 0 Å². The molecule has 2 nitrogen and oxygen atoms in total. The number of aliphatic hydroxyl groups is 2. The zero-order valence-electron chi connectivity index (χ0n) is 16.6. The number of benzene rings is 2. The van der Waals surface area contributed by atoms with E-state index in [0.29, 0.717) is 0 Å². The Bertz CT molecular complexity index is 448. The fourth-order valence-corrected chi connectivity index (χ4v) is 1.78. The molecule has 0 bridgehead atoms. The van der Waals surface area contributed by atoms with Crippen molar-refractivity contribution in [2.24, 2.45) is 0 Å². The first-order valence-corrected chi connectivity index (χ1v) is 7.92. The summed E-state index contributed by atoms with van der Waals surface area (Å²) in [6, 6.07) is 20.6. The summed E-state index contributed by atoms with van der Waals surface area (Å²) in [6.45, 7) is 16.5. The van der Waals surface area contributed by atoms with Crippen molar-refractivity contribution >= 4 is 0 Å². The Labute approximate surface area is 174 Å². The van der Waals surface area contributed by atoms with Crippen LogP contribution in [0.4, 0.5) is 0 Å². The molecule has 3 heteroatoms. The second-order valence-corrected chi connectivity index (χ2v) is 6.50. The van der Waals surface area contributed by atoms with Crippen LogP contribution < -0.4 is 0 Å². The SMILES string of the molecule is CO.CO.[CH2-]C(C)(C)c1ccccc1.[CH2-]C(C)(C)c1ccccc1.[Zr+2]. The quantitative estimate of drug-likeness (QED) is 0.683. The molecule has 0 saturated heterocycles. The molecule has 2 N–H and O–H groups in total. The summed E-state index contributed by atoms with van der Waals surface area (Å²) in [4.78, 5) is 0. The van der Waals surface area contributed by atoms with Crippen molar-refractivity contribution in [1.82, 2.24) is 0 Å². The molecule has 0 unspecified atom stereocenters. The van der Waals surface area contributed by atoms with E-state index in [-0.39, 0.29) is 37.0 Å². The van der Waals surface area contributed by atoms with Gasteiger partial charge in [-0.15, -0.1) is 10.8 Å². The molecule has 0 amide bonds. The van der Waals surface area contributed by atoms with Gasteiger partial charge in [0.05, 0.1) is 0 Å². The van der Waals surface area contributed by atoms with Crippen LogP contribution in [-0.4, -0.2) is 24.4 Å². The predicted molar refractivity (Wildman–Crippen MR) is 106 cm³/mol. The Morgan fingerprint density at radius 2 is 0.760 bits per heavy atom. The molecule has 2 aromatic carbocycles. The van der Waals surface area contributed by atoms with Gasteiger partial charge in [-0.3, -0.25) is 0 Å². The van der Waals surface area contributed by atoms with Crippen molar-refractivity contribution in [2.75, 3.05) is 14.2 Å². The maximum atomic E-state index is 7.00. The van der Waals surface area contributed by atoms with Crippen LogP contribution in [0.3, 0.4) is 0 Å². The normalized spacial score (nSPS) is 9.68. The average molecular weight is 422 g/mol. The zero-order chi connectivity index (χ0) is 19.2. The summed E-state index contributed by atoms with van der Waals surface area (Å²) in [5.74, 6) is 0. The summed E-state index contributed by atoms with van der Waals surface area (Å²) in [6.07, 6.45) is 0. The minimum atomic E-state index is 0. The average Bonchev–Trinajstić information content (AvgIpc) is 2.59. The van der Waals surface area contributed by atoms with Crippen LogP contribution in [0.15, 0.2) is 60.7 Å². The maximum absolute atomic E-state index is 7.00. The van der Waals surface area contributed by atoms with Gasteiger partial charge in [-0.2, -0.15) is 0 Å². The molecular weight excluding hydrogens is 387 g/mol. The summed E-state index contributed by atoms with van der Waals surface area (Å²) < 4.78 is 0. The van der Waals surface area contributed by atoms with Crippen LogP contribution in [0, 0.1) is 13.8 Å². The second kappa shape index (κ2) is 15.5. The molecule has 0 aromatic heterocycles. The van der Waals surface area contributed by atoms with Crippen molar-refractivity contribution in [3.63, 3.8) is 0 Å². The Balaban J connectivity index is -0.000000312. The molecule has 0 atom stereocenters. The van der Waals surface area contributed by atoms with Gasteiger partial charge < -0.3 is 24.1 Å². The summed E-state index contributed by atoms with van der Waals surface area (Å²) >= 11 is 0. The first kappa shape index (κ1) is 29.0. The van der Waals surface area contributed by atoms with E-state index in [4.69, 9.17) is 10.2 Å². The molecule has 0 fully saturated rings. The molecule has 0 spiro atoms. The zero-order valence-corrected chi connectivity index (χ0v) is 19.0. The minimum absolute atomic E-state index is 0. The molecule has 0 radical (unpaired) electrons. The van der Waals surface area contributed by atoms with Crippen LogP contribution >= 0.6 is 0 Å². The van der Waals surface area contributed by atoms with Crippen LogP contribution in [0.1, 0.15) is 38.8 Å². The van der Waals surface area contributed by atoms with E-state index in [1.165, 1.54) is 11.1 Å². The Kier molecular flexibility index (Phi) is 18.0. The maximum Gasteiger partial charge on any atom is 2.00 e. The van der Waals surface area contributed by atoms with Crippen LogP contribution in [0.2, 0.25) is 0 Å². The monoisotopic (exact) mass is 420 g/mol. The van der Waals surface area contributed by atoms with Crippen molar-refractivity contribution in [1.29, 1.82) is 0 Å². The third kappa shape index (κ3) is 14.1. The smallest absolute Gasteiger partial charge is 0.400 e. The standard InChI is InChI=1S/2C10H13.2CH4O.Zr/c2*1-10(2,3)9-7-5-4-6-8-9;2*1-2;/h2*4-8H,1H2,2-3H3;2*2H,1H3;/q2*-1;;;+2. The van der Waals surface area contributed by atoms with Crippen LogP contribution in [0.25, 0.3) is 0 Å². The van der Waals surface area contributed by atoms with Gasteiger partial charge >= 0.3 is 26.2 Å². The van der Waals surface area contributed by atoms with Gasteiger partial charge in [-0.05, 0) is 0 Å². The van der Waals surface area contributed by atoms with Crippen LogP contribution in [0.5, 0.6) is 0 Å². The first-order valence-electron chi connectivity index (χ1n) is 7.92. The Hall–Kier alpha value is -0.757. The molecule has 0 aliphatic rings. The minimum Gasteiger partial charge on any atom is -0.400 e. The Morgan fingerprint density at radius 1 is 0.560 bits per heavy atom. The number of aliphatic hydroxyl groups excluding tert-OH is 2. The van der Waals surface area contributed by atoms with Gasteiger partial charge in [0.25, 0.3) is 0 Å². The van der Waals surface area contributed by atoms with E-state index in [2.05, 4.69) is 65.8 Å². The summed E-state index contributed by atoms with van der Waals surface area (Å²) in [7, 11) is 2.00.